The molecule has 7 heteroatoms. The summed E-state index contributed by atoms with van der Waals surface area (Å²) in [6.45, 7) is 0.565. The Kier molecular flexibility index (Phi) is 4.23. The first-order chi connectivity index (χ1) is 15.2. The van der Waals surface area contributed by atoms with Crippen LogP contribution in [0.5, 0.6) is 0 Å². The van der Waals surface area contributed by atoms with Crippen LogP contribution in [0.4, 0.5) is 4.39 Å². The molecule has 0 atom stereocenters. The number of thiazole rings is 1. The number of aromatic nitrogens is 4. The van der Waals surface area contributed by atoms with Crippen molar-refractivity contribution in [2.45, 2.75) is 6.54 Å². The number of benzene rings is 3. The molecule has 0 amide bonds. The van der Waals surface area contributed by atoms with E-state index in [-0.39, 0.29) is 5.82 Å². The standard InChI is InChI=1S/C24H14ClFN4S/c25-15-7-5-14(6-8-15)24-27-17(13-31-24)12-30-21-4-2-1-3-18(21)22-23(30)29-19-10-9-16(26)11-20(19)28-22/h1-11,13H,12H2. The summed E-state index contributed by atoms with van der Waals surface area (Å²) in [5.74, 6) is -0.318. The van der Waals surface area contributed by atoms with Crippen molar-refractivity contribution in [3.05, 3.63) is 88.6 Å². The molecule has 0 N–H and O–H groups in total. The van der Waals surface area contributed by atoms with Crippen LogP contribution in [0.3, 0.4) is 0 Å². The molecule has 31 heavy (non-hydrogen) atoms. The summed E-state index contributed by atoms with van der Waals surface area (Å²) in [4.78, 5) is 14.4. The number of hydrogen-bond donors (Lipinski definition) is 0. The second kappa shape index (κ2) is 7.11. The first-order valence-electron chi connectivity index (χ1n) is 9.70. The van der Waals surface area contributed by atoms with Crippen molar-refractivity contribution >= 4 is 56.0 Å². The third-order valence-electron chi connectivity index (χ3n) is 5.28. The smallest absolute Gasteiger partial charge is 0.160 e. The number of nitrogens with zero attached hydrogens (tertiary/aromatic N) is 4. The van der Waals surface area contributed by atoms with Crippen LogP contribution in [-0.4, -0.2) is 19.5 Å². The van der Waals surface area contributed by atoms with E-state index in [1.807, 2.05) is 42.5 Å². The van der Waals surface area contributed by atoms with E-state index < -0.39 is 0 Å². The van der Waals surface area contributed by atoms with Crippen molar-refractivity contribution in [1.29, 1.82) is 0 Å². The molecule has 0 aliphatic carbocycles. The molecule has 0 saturated carbocycles. The topological polar surface area (TPSA) is 43.6 Å². The monoisotopic (exact) mass is 444 g/mol. The fourth-order valence-electron chi connectivity index (χ4n) is 3.84. The fraction of sp³-hybridized carbons (Fsp3) is 0.0417. The largest absolute Gasteiger partial charge is 0.318 e. The molecule has 6 aromatic rings. The second-order valence-corrected chi connectivity index (χ2v) is 8.58. The van der Waals surface area contributed by atoms with Crippen LogP contribution in [0, 0.1) is 5.82 Å². The van der Waals surface area contributed by atoms with Crippen molar-refractivity contribution in [1.82, 2.24) is 19.5 Å². The van der Waals surface area contributed by atoms with Gasteiger partial charge in [0.1, 0.15) is 16.3 Å². The van der Waals surface area contributed by atoms with E-state index in [2.05, 4.69) is 16.0 Å². The van der Waals surface area contributed by atoms with Crippen LogP contribution in [0.1, 0.15) is 5.69 Å². The normalized spacial score (nSPS) is 11.7. The minimum Gasteiger partial charge on any atom is -0.318 e. The van der Waals surface area contributed by atoms with Crippen LogP contribution >= 0.6 is 22.9 Å². The van der Waals surface area contributed by atoms with Crippen LogP contribution < -0.4 is 0 Å². The summed E-state index contributed by atoms with van der Waals surface area (Å²) in [7, 11) is 0. The summed E-state index contributed by atoms with van der Waals surface area (Å²) in [6, 6.07) is 20.2. The number of hydrogen-bond acceptors (Lipinski definition) is 4. The minimum absolute atomic E-state index is 0.318. The molecular formula is C24H14ClFN4S. The van der Waals surface area contributed by atoms with Gasteiger partial charge in [-0.05, 0) is 30.3 Å². The van der Waals surface area contributed by atoms with E-state index >= 15 is 0 Å². The molecule has 0 unspecified atom stereocenters. The Balaban J connectivity index is 1.50. The van der Waals surface area contributed by atoms with Crippen molar-refractivity contribution in [3.8, 4) is 10.6 Å². The van der Waals surface area contributed by atoms with E-state index in [4.69, 9.17) is 26.6 Å². The van der Waals surface area contributed by atoms with Gasteiger partial charge in [0, 0.05) is 27.4 Å². The lowest BCUT2D eigenvalue weighted by atomic mass is 10.2. The van der Waals surface area contributed by atoms with Gasteiger partial charge in [-0.2, -0.15) is 0 Å². The van der Waals surface area contributed by atoms with E-state index in [1.165, 1.54) is 12.1 Å². The van der Waals surface area contributed by atoms with Gasteiger partial charge in [0.25, 0.3) is 0 Å². The lowest BCUT2D eigenvalue weighted by Crippen LogP contribution is -2.01. The van der Waals surface area contributed by atoms with Crippen molar-refractivity contribution in [2.24, 2.45) is 0 Å². The van der Waals surface area contributed by atoms with Crippen LogP contribution in [0.2, 0.25) is 5.02 Å². The molecule has 0 aliphatic rings. The molecule has 0 bridgehead atoms. The van der Waals surface area contributed by atoms with Gasteiger partial charge in [-0.25, -0.2) is 19.3 Å². The Labute approximate surface area is 185 Å². The number of fused-ring (bicyclic) bond motifs is 4. The third kappa shape index (κ3) is 3.15. The van der Waals surface area contributed by atoms with E-state index in [0.29, 0.717) is 22.6 Å². The fourth-order valence-corrected chi connectivity index (χ4v) is 4.78. The lowest BCUT2D eigenvalue weighted by molar-refractivity contribution is 0.629. The van der Waals surface area contributed by atoms with E-state index in [1.54, 1.807) is 17.4 Å². The average molecular weight is 445 g/mol. The molecule has 0 radical (unpaired) electrons. The minimum atomic E-state index is -0.318. The summed E-state index contributed by atoms with van der Waals surface area (Å²) < 4.78 is 15.8. The lowest BCUT2D eigenvalue weighted by Gasteiger charge is -2.05. The number of para-hydroxylation sites is 1. The van der Waals surface area contributed by atoms with Gasteiger partial charge < -0.3 is 4.57 Å². The zero-order valence-electron chi connectivity index (χ0n) is 16.1. The Morgan fingerprint density at radius 2 is 1.74 bits per heavy atom. The maximum absolute atomic E-state index is 13.7. The van der Waals surface area contributed by atoms with Gasteiger partial charge in [0.15, 0.2) is 5.65 Å². The molecule has 6 rings (SSSR count). The Bertz CT molecular complexity index is 1590. The van der Waals surface area contributed by atoms with Crippen LogP contribution in [0.25, 0.3) is 43.7 Å². The summed E-state index contributed by atoms with van der Waals surface area (Å²) in [6.07, 6.45) is 0. The highest BCUT2D eigenvalue weighted by atomic mass is 35.5. The predicted octanol–water partition coefficient (Wildman–Crippen LogP) is 6.70. The molecule has 0 spiro atoms. The highest BCUT2D eigenvalue weighted by Gasteiger charge is 2.16. The summed E-state index contributed by atoms with van der Waals surface area (Å²) >= 11 is 7.61. The quantitative estimate of drug-likeness (QED) is 0.305. The maximum atomic E-state index is 13.7. The van der Waals surface area contributed by atoms with Gasteiger partial charge >= 0.3 is 0 Å². The van der Waals surface area contributed by atoms with Crippen LogP contribution in [-0.2, 0) is 6.54 Å². The average Bonchev–Trinajstić information content (AvgIpc) is 3.37. The number of halogens is 2. The first kappa shape index (κ1) is 18.4. The summed E-state index contributed by atoms with van der Waals surface area (Å²) in [5, 5.41) is 4.70. The maximum Gasteiger partial charge on any atom is 0.160 e. The molecule has 0 fully saturated rings. The molecule has 3 heterocycles. The Morgan fingerprint density at radius 1 is 0.903 bits per heavy atom. The predicted molar refractivity (Wildman–Crippen MR) is 124 cm³/mol. The van der Waals surface area contributed by atoms with Gasteiger partial charge in [0.2, 0.25) is 0 Å². The Hall–Kier alpha value is -3.35. The molecule has 4 nitrogen and oxygen atoms in total. The van der Waals surface area contributed by atoms with E-state index in [0.717, 1.165) is 38.3 Å². The highest BCUT2D eigenvalue weighted by Crippen LogP contribution is 2.30. The van der Waals surface area contributed by atoms with Gasteiger partial charge in [-0.15, -0.1) is 11.3 Å². The van der Waals surface area contributed by atoms with E-state index in [9.17, 15) is 4.39 Å². The summed E-state index contributed by atoms with van der Waals surface area (Å²) in [5.41, 5.74) is 5.75. The first-order valence-corrected chi connectivity index (χ1v) is 11.0. The molecule has 0 saturated heterocycles. The zero-order chi connectivity index (χ0) is 20.9. The van der Waals surface area contributed by atoms with Crippen molar-refractivity contribution < 1.29 is 4.39 Å². The molecule has 3 aromatic heterocycles. The van der Waals surface area contributed by atoms with Crippen molar-refractivity contribution in [2.75, 3.05) is 0 Å². The van der Waals surface area contributed by atoms with Gasteiger partial charge in [0.05, 0.1) is 28.8 Å². The highest BCUT2D eigenvalue weighted by molar-refractivity contribution is 7.13. The molecule has 150 valence electrons. The zero-order valence-corrected chi connectivity index (χ0v) is 17.7. The molecular weight excluding hydrogens is 431 g/mol. The van der Waals surface area contributed by atoms with Crippen molar-refractivity contribution in [3.63, 3.8) is 0 Å². The molecule has 0 aliphatic heterocycles. The van der Waals surface area contributed by atoms with Gasteiger partial charge in [-0.1, -0.05) is 41.9 Å². The van der Waals surface area contributed by atoms with Gasteiger partial charge in [-0.3, -0.25) is 0 Å². The van der Waals surface area contributed by atoms with Crippen LogP contribution in [0.15, 0.2) is 72.1 Å². The SMILES string of the molecule is Fc1ccc2nc3c(nc2c1)c1ccccc1n3Cc1csc(-c2ccc(Cl)cc2)n1. The third-order valence-corrected chi connectivity index (χ3v) is 6.47. The number of rotatable bonds is 3. The second-order valence-electron chi connectivity index (χ2n) is 7.28. The Morgan fingerprint density at radius 3 is 2.61 bits per heavy atom. The molecule has 3 aromatic carbocycles.